The summed E-state index contributed by atoms with van der Waals surface area (Å²) in [5, 5.41) is 8.77. The fraction of sp³-hybridized carbons (Fsp3) is 0.385. The second kappa shape index (κ2) is 4.80. The molecule has 3 heteroatoms. The van der Waals surface area contributed by atoms with Crippen LogP contribution in [0.3, 0.4) is 0 Å². The summed E-state index contributed by atoms with van der Waals surface area (Å²) in [5.41, 5.74) is 1.37. The largest absolute Gasteiger partial charge is 0.493 e. The van der Waals surface area contributed by atoms with Gasteiger partial charge in [-0.05, 0) is 37.0 Å². The van der Waals surface area contributed by atoms with Gasteiger partial charge in [-0.15, -0.1) is 0 Å². The minimum Gasteiger partial charge on any atom is -0.493 e. The molecule has 16 heavy (non-hydrogen) atoms. The maximum absolute atomic E-state index is 10.5. The van der Waals surface area contributed by atoms with E-state index in [-0.39, 0.29) is 0 Å². The van der Waals surface area contributed by atoms with Crippen molar-refractivity contribution in [3.8, 4) is 11.8 Å². The Morgan fingerprint density at radius 2 is 2.31 bits per heavy atom. The van der Waals surface area contributed by atoms with Crippen molar-refractivity contribution in [2.45, 2.75) is 19.3 Å². The molecule has 1 aromatic carbocycles. The molecule has 3 nitrogen and oxygen atoms in total. The summed E-state index contributed by atoms with van der Waals surface area (Å²) in [4.78, 5) is 10.5. The molecule has 0 unspecified atom stereocenters. The molecule has 0 amide bonds. The maximum Gasteiger partial charge on any atom is 0.124 e. The normalized spacial score (nSPS) is 14.2. The second-order valence-corrected chi connectivity index (χ2v) is 4.06. The van der Waals surface area contributed by atoms with Crippen molar-refractivity contribution >= 4 is 6.29 Å². The van der Waals surface area contributed by atoms with Crippen molar-refractivity contribution in [3.63, 3.8) is 0 Å². The Morgan fingerprint density at radius 3 is 2.94 bits per heavy atom. The molecule has 0 heterocycles. The summed E-state index contributed by atoms with van der Waals surface area (Å²) in [7, 11) is 0. The number of nitrogens with zero attached hydrogens (tertiary/aromatic N) is 1. The van der Waals surface area contributed by atoms with E-state index in [4.69, 9.17) is 10.00 Å². The van der Waals surface area contributed by atoms with E-state index in [9.17, 15) is 4.79 Å². The van der Waals surface area contributed by atoms with Crippen molar-refractivity contribution in [2.75, 3.05) is 6.61 Å². The second-order valence-electron chi connectivity index (χ2n) is 4.06. The van der Waals surface area contributed by atoms with Crippen LogP contribution in [0.25, 0.3) is 0 Å². The first-order valence-corrected chi connectivity index (χ1v) is 5.43. The number of aldehydes is 1. The van der Waals surface area contributed by atoms with Crippen LogP contribution in [0.4, 0.5) is 0 Å². The Balaban J connectivity index is 2.13. The summed E-state index contributed by atoms with van der Waals surface area (Å²) < 4.78 is 5.64. The van der Waals surface area contributed by atoms with Gasteiger partial charge in [0.1, 0.15) is 12.0 Å². The number of carbonyl (C=O) groups is 1. The van der Waals surface area contributed by atoms with Gasteiger partial charge in [0.05, 0.1) is 18.2 Å². The van der Waals surface area contributed by atoms with E-state index in [0.29, 0.717) is 17.9 Å². The number of hydrogen-bond donors (Lipinski definition) is 0. The zero-order valence-corrected chi connectivity index (χ0v) is 8.98. The molecule has 0 radical (unpaired) electrons. The maximum atomic E-state index is 10.5. The first-order chi connectivity index (χ1) is 7.83. The molecule has 1 fully saturated rings. The van der Waals surface area contributed by atoms with E-state index >= 15 is 0 Å². The highest BCUT2D eigenvalue weighted by Gasteiger charge is 2.22. The average Bonchev–Trinajstić information content (AvgIpc) is 3.11. The number of nitriles is 1. The molecular weight excluding hydrogens is 202 g/mol. The van der Waals surface area contributed by atoms with Gasteiger partial charge < -0.3 is 9.53 Å². The van der Waals surface area contributed by atoms with Gasteiger partial charge in [0.2, 0.25) is 0 Å². The van der Waals surface area contributed by atoms with Gasteiger partial charge in [-0.2, -0.15) is 5.26 Å². The third kappa shape index (κ3) is 2.60. The van der Waals surface area contributed by atoms with Gasteiger partial charge in [0.15, 0.2) is 0 Å². The third-order valence-electron chi connectivity index (χ3n) is 2.66. The molecule has 0 bridgehead atoms. The molecule has 1 aromatic rings. The van der Waals surface area contributed by atoms with Crippen molar-refractivity contribution < 1.29 is 9.53 Å². The number of ether oxygens (including phenoxy) is 1. The molecule has 82 valence electrons. The molecule has 1 aliphatic rings. The highest BCUT2D eigenvalue weighted by Crippen LogP contribution is 2.30. The van der Waals surface area contributed by atoms with Gasteiger partial charge in [-0.1, -0.05) is 0 Å². The first-order valence-electron chi connectivity index (χ1n) is 5.43. The molecule has 0 aromatic heterocycles. The predicted molar refractivity (Wildman–Crippen MR) is 59.1 cm³/mol. The van der Waals surface area contributed by atoms with E-state index in [1.54, 1.807) is 18.2 Å². The first kappa shape index (κ1) is 10.7. The van der Waals surface area contributed by atoms with Crippen LogP contribution in [0.15, 0.2) is 18.2 Å². The van der Waals surface area contributed by atoms with Crippen LogP contribution in [0.5, 0.6) is 5.75 Å². The standard InChI is InChI=1S/C13H13NO2/c14-8-11-3-4-13(12(7-11)5-6-15)16-9-10-1-2-10/h3-4,6-7,10H,1-2,5,9H2. The quantitative estimate of drug-likeness (QED) is 0.706. The lowest BCUT2D eigenvalue weighted by Gasteiger charge is -2.09. The van der Waals surface area contributed by atoms with Crippen molar-refractivity contribution in [1.82, 2.24) is 0 Å². The van der Waals surface area contributed by atoms with Crippen molar-refractivity contribution in [3.05, 3.63) is 29.3 Å². The Labute approximate surface area is 94.6 Å². The molecule has 0 aliphatic heterocycles. The summed E-state index contributed by atoms with van der Waals surface area (Å²) in [6.45, 7) is 0.720. The number of hydrogen-bond acceptors (Lipinski definition) is 3. The van der Waals surface area contributed by atoms with Crippen LogP contribution >= 0.6 is 0 Å². The van der Waals surface area contributed by atoms with Crippen LogP contribution in [0, 0.1) is 17.2 Å². The zero-order valence-electron chi connectivity index (χ0n) is 8.98. The highest BCUT2D eigenvalue weighted by molar-refractivity contribution is 5.58. The average molecular weight is 215 g/mol. The molecule has 0 saturated heterocycles. The number of benzene rings is 1. The Kier molecular flexibility index (Phi) is 3.21. The van der Waals surface area contributed by atoms with E-state index in [2.05, 4.69) is 6.07 Å². The van der Waals surface area contributed by atoms with Crippen LogP contribution < -0.4 is 4.74 Å². The van der Waals surface area contributed by atoms with Crippen LogP contribution in [0.1, 0.15) is 24.0 Å². The Hall–Kier alpha value is -1.82. The Bertz CT molecular complexity index is 430. The molecule has 0 spiro atoms. The SMILES string of the molecule is N#Cc1ccc(OCC2CC2)c(CC=O)c1. The van der Waals surface area contributed by atoms with E-state index in [0.717, 1.165) is 24.2 Å². The lowest BCUT2D eigenvalue weighted by molar-refractivity contribution is -0.107. The minimum absolute atomic E-state index is 0.301. The van der Waals surface area contributed by atoms with E-state index in [1.165, 1.54) is 12.8 Å². The third-order valence-corrected chi connectivity index (χ3v) is 2.66. The van der Waals surface area contributed by atoms with Crippen molar-refractivity contribution in [1.29, 1.82) is 5.26 Å². The zero-order chi connectivity index (χ0) is 11.4. The molecule has 1 saturated carbocycles. The summed E-state index contributed by atoms with van der Waals surface area (Å²) in [6, 6.07) is 7.27. The molecule has 0 N–H and O–H groups in total. The lowest BCUT2D eigenvalue weighted by Crippen LogP contribution is -2.02. The topological polar surface area (TPSA) is 50.1 Å². The molecular formula is C13H13NO2. The monoisotopic (exact) mass is 215 g/mol. The number of carbonyl (C=O) groups excluding carboxylic acids is 1. The highest BCUT2D eigenvalue weighted by atomic mass is 16.5. The van der Waals surface area contributed by atoms with E-state index in [1.807, 2.05) is 0 Å². The van der Waals surface area contributed by atoms with E-state index < -0.39 is 0 Å². The number of rotatable bonds is 5. The predicted octanol–water partition coefficient (Wildman–Crippen LogP) is 2.09. The van der Waals surface area contributed by atoms with Gasteiger partial charge in [-0.3, -0.25) is 0 Å². The summed E-state index contributed by atoms with van der Waals surface area (Å²) in [6.07, 6.45) is 3.61. The molecule has 0 atom stereocenters. The van der Waals surface area contributed by atoms with Gasteiger partial charge in [-0.25, -0.2) is 0 Å². The van der Waals surface area contributed by atoms with Gasteiger partial charge >= 0.3 is 0 Å². The molecule has 1 aliphatic carbocycles. The van der Waals surface area contributed by atoms with Gasteiger partial charge in [0.25, 0.3) is 0 Å². The summed E-state index contributed by atoms with van der Waals surface area (Å²) >= 11 is 0. The fourth-order valence-electron chi connectivity index (χ4n) is 1.53. The summed E-state index contributed by atoms with van der Waals surface area (Å²) in [5.74, 6) is 1.41. The minimum atomic E-state index is 0.301. The smallest absolute Gasteiger partial charge is 0.124 e. The lowest BCUT2D eigenvalue weighted by atomic mass is 10.1. The van der Waals surface area contributed by atoms with Gasteiger partial charge in [0, 0.05) is 12.0 Å². The van der Waals surface area contributed by atoms with Crippen LogP contribution in [0.2, 0.25) is 0 Å². The fourth-order valence-corrected chi connectivity index (χ4v) is 1.53. The van der Waals surface area contributed by atoms with Crippen molar-refractivity contribution in [2.24, 2.45) is 5.92 Å². The van der Waals surface area contributed by atoms with Crippen LogP contribution in [-0.2, 0) is 11.2 Å². The molecule has 2 rings (SSSR count). The van der Waals surface area contributed by atoms with Crippen LogP contribution in [-0.4, -0.2) is 12.9 Å². The Morgan fingerprint density at radius 1 is 1.50 bits per heavy atom.